The third kappa shape index (κ3) is 1.51. The number of hydrogen-bond acceptors (Lipinski definition) is 3. The van der Waals surface area contributed by atoms with Crippen LogP contribution in [0.4, 0.5) is 3.89 Å². The number of halogens is 2. The van der Waals surface area contributed by atoms with Crippen molar-refractivity contribution in [3.8, 4) is 0 Å². The van der Waals surface area contributed by atoms with E-state index in [2.05, 4.69) is 4.98 Å². The summed E-state index contributed by atoms with van der Waals surface area (Å²) in [5, 5.41) is -0.608. The SMILES string of the molecule is Cn1c(Cl)cnc1S(=O)(=O)F. The fraction of sp³-hybridized carbons (Fsp3) is 0.250. The van der Waals surface area contributed by atoms with Crippen LogP contribution in [0, 0.1) is 0 Å². The van der Waals surface area contributed by atoms with Gasteiger partial charge in [-0.05, 0) is 0 Å². The number of imidazole rings is 1. The van der Waals surface area contributed by atoms with Crippen molar-refractivity contribution in [2.24, 2.45) is 7.05 Å². The molecule has 0 aliphatic carbocycles. The van der Waals surface area contributed by atoms with Crippen molar-refractivity contribution in [1.82, 2.24) is 9.55 Å². The van der Waals surface area contributed by atoms with Gasteiger partial charge in [-0.3, -0.25) is 0 Å². The molecule has 0 fully saturated rings. The van der Waals surface area contributed by atoms with Crippen molar-refractivity contribution in [3.63, 3.8) is 0 Å². The molecule has 0 amide bonds. The monoisotopic (exact) mass is 198 g/mol. The van der Waals surface area contributed by atoms with Crippen molar-refractivity contribution in [2.45, 2.75) is 5.16 Å². The molecule has 0 aliphatic heterocycles. The van der Waals surface area contributed by atoms with Crippen LogP contribution in [0.25, 0.3) is 0 Å². The van der Waals surface area contributed by atoms with Crippen LogP contribution < -0.4 is 0 Å². The summed E-state index contributed by atoms with van der Waals surface area (Å²) in [6.07, 6.45) is 1.06. The second-order valence-electron chi connectivity index (χ2n) is 1.86. The molecular weight excluding hydrogens is 195 g/mol. The van der Waals surface area contributed by atoms with Gasteiger partial charge < -0.3 is 4.57 Å². The highest BCUT2D eigenvalue weighted by atomic mass is 35.5. The third-order valence-electron chi connectivity index (χ3n) is 1.11. The summed E-state index contributed by atoms with van der Waals surface area (Å²) in [6.45, 7) is 0. The van der Waals surface area contributed by atoms with Gasteiger partial charge in [-0.2, -0.15) is 8.42 Å². The van der Waals surface area contributed by atoms with E-state index in [1.807, 2.05) is 0 Å². The summed E-state index contributed by atoms with van der Waals surface area (Å²) in [5.74, 6) is 0. The Kier molecular flexibility index (Phi) is 1.89. The van der Waals surface area contributed by atoms with E-state index in [0.29, 0.717) is 0 Å². The van der Waals surface area contributed by atoms with Crippen molar-refractivity contribution < 1.29 is 12.3 Å². The highest BCUT2D eigenvalue weighted by Gasteiger charge is 2.19. The number of aromatic nitrogens is 2. The molecule has 62 valence electrons. The first-order valence-electron chi connectivity index (χ1n) is 2.55. The Morgan fingerprint density at radius 2 is 2.27 bits per heavy atom. The van der Waals surface area contributed by atoms with Gasteiger partial charge in [-0.25, -0.2) is 4.98 Å². The molecular formula is C4H4ClFN2O2S. The van der Waals surface area contributed by atoms with Gasteiger partial charge in [0.25, 0.3) is 5.16 Å². The molecule has 1 heterocycles. The van der Waals surface area contributed by atoms with E-state index in [-0.39, 0.29) is 5.15 Å². The summed E-state index contributed by atoms with van der Waals surface area (Å²) in [5.41, 5.74) is 0. The zero-order valence-electron chi connectivity index (χ0n) is 5.45. The maximum absolute atomic E-state index is 12.2. The van der Waals surface area contributed by atoms with Crippen molar-refractivity contribution >= 4 is 21.8 Å². The Hall–Kier alpha value is -0.620. The molecule has 0 N–H and O–H groups in total. The lowest BCUT2D eigenvalue weighted by Gasteiger charge is -1.94. The van der Waals surface area contributed by atoms with Gasteiger partial charge in [0.2, 0.25) is 0 Å². The Balaban J connectivity index is 3.38. The maximum atomic E-state index is 12.2. The smallest absolute Gasteiger partial charge is 0.307 e. The molecule has 11 heavy (non-hydrogen) atoms. The molecule has 0 saturated carbocycles. The van der Waals surface area contributed by atoms with Gasteiger partial charge in [0.15, 0.2) is 0 Å². The van der Waals surface area contributed by atoms with Crippen LogP contribution in [0.1, 0.15) is 0 Å². The predicted octanol–water partition coefficient (Wildman–Crippen LogP) is 0.732. The normalized spacial score (nSPS) is 11.9. The number of nitrogens with zero attached hydrogens (tertiary/aromatic N) is 2. The second-order valence-corrected chi connectivity index (χ2v) is 3.49. The van der Waals surface area contributed by atoms with E-state index in [1.165, 1.54) is 7.05 Å². The van der Waals surface area contributed by atoms with Crippen LogP contribution in [0.15, 0.2) is 11.4 Å². The minimum atomic E-state index is -4.75. The zero-order valence-corrected chi connectivity index (χ0v) is 7.02. The first-order valence-corrected chi connectivity index (χ1v) is 4.31. The highest BCUT2D eigenvalue weighted by Crippen LogP contribution is 2.14. The van der Waals surface area contributed by atoms with E-state index in [1.54, 1.807) is 0 Å². The minimum absolute atomic E-state index is 0.0706. The summed E-state index contributed by atoms with van der Waals surface area (Å²) < 4.78 is 33.7. The van der Waals surface area contributed by atoms with Crippen LogP contribution in [0.2, 0.25) is 5.15 Å². The van der Waals surface area contributed by atoms with Crippen LogP contribution >= 0.6 is 11.6 Å². The molecule has 1 aromatic heterocycles. The largest absolute Gasteiger partial charge is 0.366 e. The van der Waals surface area contributed by atoms with Gasteiger partial charge in [0.05, 0.1) is 6.20 Å². The summed E-state index contributed by atoms with van der Waals surface area (Å²) >= 11 is 5.40. The van der Waals surface area contributed by atoms with Crippen LogP contribution in [0.5, 0.6) is 0 Å². The lowest BCUT2D eigenvalue weighted by Crippen LogP contribution is -2.02. The van der Waals surface area contributed by atoms with Gasteiger partial charge in [-0.1, -0.05) is 15.5 Å². The van der Waals surface area contributed by atoms with Gasteiger partial charge in [0, 0.05) is 7.05 Å². The Morgan fingerprint density at radius 1 is 1.73 bits per heavy atom. The maximum Gasteiger partial charge on any atom is 0.366 e. The molecule has 0 aliphatic rings. The van der Waals surface area contributed by atoms with Crippen LogP contribution in [-0.4, -0.2) is 18.0 Å². The highest BCUT2D eigenvalue weighted by molar-refractivity contribution is 7.86. The predicted molar refractivity (Wildman–Crippen MR) is 36.5 cm³/mol. The van der Waals surface area contributed by atoms with Crippen molar-refractivity contribution in [2.75, 3.05) is 0 Å². The van der Waals surface area contributed by atoms with E-state index in [4.69, 9.17) is 11.6 Å². The average molecular weight is 199 g/mol. The van der Waals surface area contributed by atoms with Gasteiger partial charge >= 0.3 is 10.2 Å². The topological polar surface area (TPSA) is 52.0 Å². The van der Waals surface area contributed by atoms with Crippen molar-refractivity contribution in [3.05, 3.63) is 11.3 Å². The number of rotatable bonds is 1. The molecule has 1 rings (SSSR count). The first kappa shape index (κ1) is 8.48. The third-order valence-corrected chi connectivity index (χ3v) is 2.27. The van der Waals surface area contributed by atoms with Gasteiger partial charge in [0.1, 0.15) is 5.15 Å². The Labute approximate surface area is 67.8 Å². The molecule has 1 aromatic rings. The second kappa shape index (κ2) is 2.46. The lowest BCUT2D eigenvalue weighted by molar-refractivity contribution is 0.534. The van der Waals surface area contributed by atoms with E-state index in [9.17, 15) is 12.3 Å². The summed E-state index contributed by atoms with van der Waals surface area (Å²) in [4.78, 5) is 3.25. The first-order chi connectivity index (χ1) is 4.93. The summed E-state index contributed by atoms with van der Waals surface area (Å²) in [6, 6.07) is 0. The van der Waals surface area contributed by atoms with E-state index < -0.39 is 15.4 Å². The molecule has 7 heteroatoms. The number of hydrogen-bond donors (Lipinski definition) is 0. The molecule has 0 aromatic carbocycles. The van der Waals surface area contributed by atoms with Crippen LogP contribution in [0.3, 0.4) is 0 Å². The van der Waals surface area contributed by atoms with Crippen LogP contribution in [-0.2, 0) is 17.3 Å². The molecule has 4 nitrogen and oxygen atoms in total. The zero-order chi connectivity index (χ0) is 8.65. The fourth-order valence-corrected chi connectivity index (χ4v) is 1.38. The Bertz CT molecular complexity index is 371. The van der Waals surface area contributed by atoms with Crippen molar-refractivity contribution in [1.29, 1.82) is 0 Å². The van der Waals surface area contributed by atoms with E-state index >= 15 is 0 Å². The average Bonchev–Trinajstić information content (AvgIpc) is 2.11. The minimum Gasteiger partial charge on any atom is -0.307 e. The standard InChI is InChI=1S/C4H4ClFN2O2S/c1-8-3(5)2-7-4(8)11(6,9)10/h2H,1H3. The van der Waals surface area contributed by atoms with E-state index in [0.717, 1.165) is 10.8 Å². The lowest BCUT2D eigenvalue weighted by atomic mass is 10.9. The molecule has 0 saturated heterocycles. The summed E-state index contributed by atoms with van der Waals surface area (Å²) in [7, 11) is -3.44. The molecule has 0 spiro atoms. The fourth-order valence-electron chi connectivity index (χ4n) is 0.600. The van der Waals surface area contributed by atoms with Gasteiger partial charge in [-0.15, -0.1) is 0 Å². The quantitative estimate of drug-likeness (QED) is 0.626. The Morgan fingerprint density at radius 3 is 2.45 bits per heavy atom. The molecule has 0 atom stereocenters. The molecule has 0 bridgehead atoms. The molecule has 0 unspecified atom stereocenters. The molecule has 0 radical (unpaired) electrons.